The number of nitrogens with zero attached hydrogens (tertiary/aromatic N) is 3. The summed E-state index contributed by atoms with van der Waals surface area (Å²) in [7, 11) is 0. The van der Waals surface area contributed by atoms with Crippen molar-refractivity contribution in [3.63, 3.8) is 0 Å². The van der Waals surface area contributed by atoms with Crippen LogP contribution in [-0.2, 0) is 30.3 Å². The quantitative estimate of drug-likeness (QED) is 0.543. The third-order valence-electron chi connectivity index (χ3n) is 5.55. The molecule has 2 bridgehead atoms. The smallest absolute Gasteiger partial charge is 0.414 e. The fourth-order valence-corrected chi connectivity index (χ4v) is 4.09. The number of carbonyl (C=O) groups is 3. The molecule has 0 radical (unpaired) electrons. The van der Waals surface area contributed by atoms with E-state index in [-0.39, 0.29) is 17.8 Å². The monoisotopic (exact) mass is 403 g/mol. The molecule has 0 spiro atoms. The lowest BCUT2D eigenvalue weighted by Gasteiger charge is -2.43. The molecular weight excluding hydrogens is 382 g/mol. The van der Waals surface area contributed by atoms with Crippen molar-refractivity contribution in [3.8, 4) is 0 Å². The van der Waals surface area contributed by atoms with Gasteiger partial charge in [0, 0.05) is 12.1 Å². The summed E-state index contributed by atoms with van der Waals surface area (Å²) in [5, 5.41) is 19.1. The van der Waals surface area contributed by atoms with Crippen LogP contribution in [0.5, 0.6) is 0 Å². The van der Waals surface area contributed by atoms with E-state index >= 15 is 0 Å². The summed E-state index contributed by atoms with van der Waals surface area (Å²) in [6.07, 6.45) is 9.63. The first kappa shape index (κ1) is 19.2. The maximum absolute atomic E-state index is 12.5. The first-order valence-corrected chi connectivity index (χ1v) is 9.48. The highest BCUT2D eigenvalue weighted by atomic mass is 16.6. The highest BCUT2D eigenvalue weighted by molar-refractivity contribution is 6.27. The van der Waals surface area contributed by atoms with E-state index in [1.54, 1.807) is 10.9 Å². The Morgan fingerprint density at radius 3 is 2.52 bits per heavy atom. The van der Waals surface area contributed by atoms with Gasteiger partial charge in [0.1, 0.15) is 17.6 Å². The number of carboxylic acids is 2. The van der Waals surface area contributed by atoms with Crippen LogP contribution < -0.4 is 0 Å². The minimum atomic E-state index is -1.82. The van der Waals surface area contributed by atoms with Gasteiger partial charge in [0.15, 0.2) is 0 Å². The molecular formula is C19H21N3O7. The van der Waals surface area contributed by atoms with Crippen molar-refractivity contribution in [1.82, 2.24) is 14.7 Å². The second kappa shape index (κ2) is 7.70. The maximum atomic E-state index is 12.5. The summed E-state index contributed by atoms with van der Waals surface area (Å²) in [4.78, 5) is 33.1. The molecule has 0 saturated carbocycles. The van der Waals surface area contributed by atoms with Crippen LogP contribution >= 0.6 is 0 Å². The Morgan fingerprint density at radius 1 is 1.17 bits per heavy atom. The zero-order valence-electron chi connectivity index (χ0n) is 15.6. The number of aryl methyl sites for hydroxylation is 1. The number of hydrogen-bond acceptors (Lipinski definition) is 7. The Morgan fingerprint density at radius 2 is 1.90 bits per heavy atom. The predicted molar refractivity (Wildman–Crippen MR) is 98.2 cm³/mol. The third-order valence-corrected chi connectivity index (χ3v) is 5.55. The van der Waals surface area contributed by atoms with Gasteiger partial charge in [-0.2, -0.15) is 5.10 Å². The highest BCUT2D eigenvalue weighted by Crippen LogP contribution is 2.34. The van der Waals surface area contributed by atoms with Crippen molar-refractivity contribution in [3.05, 3.63) is 29.3 Å². The number of fused-ring (bicyclic) bond motifs is 3. The Hall–Kier alpha value is -3.14. The summed E-state index contributed by atoms with van der Waals surface area (Å²) in [6, 6.07) is 0. The summed E-state index contributed by atoms with van der Waals surface area (Å²) >= 11 is 0. The van der Waals surface area contributed by atoms with Crippen molar-refractivity contribution in [2.45, 2.75) is 31.8 Å². The SMILES string of the molecule is O=C(O)C(=O)O.O=C(OC1CN2CCC1CC2)C1=Cn2ncc3c2C(=CCC3)O1. The number of hydrogen-bond donors (Lipinski definition) is 2. The zero-order valence-corrected chi connectivity index (χ0v) is 15.6. The van der Waals surface area contributed by atoms with Gasteiger partial charge in [0.2, 0.25) is 5.76 Å². The average Bonchev–Trinajstić information content (AvgIpc) is 3.14. The minimum Gasteiger partial charge on any atom is -0.473 e. The summed E-state index contributed by atoms with van der Waals surface area (Å²) in [5.41, 5.74) is 2.14. The standard InChI is InChI=1S/C17H19N3O3.C2H2O4/c21-17(23-14-9-19-6-4-11(14)5-7-19)15-10-20-16-12(8-18-20)2-1-3-13(16)22-15;3-1(4)2(5)6/h3,8,10-11,14H,1-2,4-7,9H2;(H,3,4)(H,5,6). The summed E-state index contributed by atoms with van der Waals surface area (Å²) in [5.74, 6) is -2.57. The van der Waals surface area contributed by atoms with Gasteiger partial charge in [-0.3, -0.25) is 4.90 Å². The minimum absolute atomic E-state index is 0.00980. The van der Waals surface area contributed by atoms with Gasteiger partial charge in [-0.05, 0) is 50.8 Å². The lowest BCUT2D eigenvalue weighted by molar-refractivity contribution is -0.159. The molecule has 1 aliphatic carbocycles. The highest BCUT2D eigenvalue weighted by Gasteiger charge is 2.38. The number of carbonyl (C=O) groups excluding carboxylic acids is 1. The number of piperidine rings is 3. The molecule has 5 aliphatic rings. The van der Waals surface area contributed by atoms with Gasteiger partial charge < -0.3 is 19.7 Å². The normalized spacial score (nSPS) is 26.0. The molecule has 4 aliphatic heterocycles. The molecule has 1 aromatic heterocycles. The molecule has 154 valence electrons. The van der Waals surface area contributed by atoms with Gasteiger partial charge >= 0.3 is 17.9 Å². The molecule has 5 heterocycles. The Labute approximate surface area is 166 Å². The van der Waals surface area contributed by atoms with Crippen LogP contribution in [0.1, 0.15) is 30.5 Å². The Bertz CT molecular complexity index is 897. The van der Waals surface area contributed by atoms with Crippen LogP contribution in [0, 0.1) is 5.92 Å². The molecule has 10 nitrogen and oxygen atoms in total. The van der Waals surface area contributed by atoms with Crippen molar-refractivity contribution in [2.24, 2.45) is 5.92 Å². The fraction of sp³-hybridized carbons (Fsp3) is 0.474. The van der Waals surface area contributed by atoms with Crippen LogP contribution in [0.15, 0.2) is 18.0 Å². The number of allylic oxidation sites excluding steroid dienone is 1. The second-order valence-electron chi connectivity index (χ2n) is 7.36. The number of aliphatic carboxylic acids is 2. The maximum Gasteiger partial charge on any atom is 0.414 e. The van der Waals surface area contributed by atoms with Crippen molar-refractivity contribution < 1.29 is 34.1 Å². The molecule has 0 aromatic carbocycles. The molecule has 10 heteroatoms. The third kappa shape index (κ3) is 3.88. The van der Waals surface area contributed by atoms with Crippen LogP contribution in [-0.4, -0.2) is 68.5 Å². The van der Waals surface area contributed by atoms with E-state index < -0.39 is 11.9 Å². The van der Waals surface area contributed by atoms with Crippen LogP contribution in [0.2, 0.25) is 0 Å². The number of ether oxygens (including phenoxy) is 2. The van der Waals surface area contributed by atoms with Crippen LogP contribution in [0.4, 0.5) is 0 Å². The van der Waals surface area contributed by atoms with Crippen LogP contribution in [0.3, 0.4) is 0 Å². The van der Waals surface area contributed by atoms with E-state index in [0.29, 0.717) is 5.92 Å². The van der Waals surface area contributed by atoms with Gasteiger partial charge in [0.25, 0.3) is 0 Å². The lowest BCUT2D eigenvalue weighted by atomic mass is 9.86. The van der Waals surface area contributed by atoms with Gasteiger partial charge in [-0.15, -0.1) is 0 Å². The fourth-order valence-electron chi connectivity index (χ4n) is 4.09. The Balaban J connectivity index is 0.000000302. The molecule has 0 amide bonds. The first-order valence-electron chi connectivity index (χ1n) is 9.48. The van der Waals surface area contributed by atoms with E-state index in [1.165, 1.54) is 5.56 Å². The molecule has 1 unspecified atom stereocenters. The molecule has 6 rings (SSSR count). The number of carboxylic acid groups (broad SMARTS) is 2. The molecule has 3 saturated heterocycles. The van der Waals surface area contributed by atoms with E-state index in [1.807, 2.05) is 12.3 Å². The molecule has 3 fully saturated rings. The number of rotatable bonds is 2. The van der Waals surface area contributed by atoms with E-state index in [4.69, 9.17) is 29.3 Å². The van der Waals surface area contributed by atoms with Gasteiger partial charge in [-0.25, -0.2) is 19.1 Å². The largest absolute Gasteiger partial charge is 0.473 e. The molecule has 29 heavy (non-hydrogen) atoms. The molecule has 1 atom stereocenters. The molecule has 2 N–H and O–H groups in total. The topological polar surface area (TPSA) is 131 Å². The zero-order chi connectivity index (χ0) is 20.5. The first-order chi connectivity index (χ1) is 13.9. The average molecular weight is 403 g/mol. The predicted octanol–water partition coefficient (Wildman–Crippen LogP) is 0.792. The van der Waals surface area contributed by atoms with Gasteiger partial charge in [-0.1, -0.05) is 0 Å². The Kier molecular flexibility index (Phi) is 5.10. The van der Waals surface area contributed by atoms with E-state index in [0.717, 1.165) is 56.8 Å². The van der Waals surface area contributed by atoms with E-state index in [9.17, 15) is 4.79 Å². The molecule has 1 aromatic rings. The van der Waals surface area contributed by atoms with Gasteiger partial charge in [0.05, 0.1) is 12.4 Å². The van der Waals surface area contributed by atoms with Crippen molar-refractivity contribution in [1.29, 1.82) is 0 Å². The summed E-state index contributed by atoms with van der Waals surface area (Å²) < 4.78 is 13.3. The number of esters is 1. The van der Waals surface area contributed by atoms with Crippen molar-refractivity contribution >= 4 is 29.9 Å². The van der Waals surface area contributed by atoms with E-state index in [2.05, 4.69) is 10.00 Å². The lowest BCUT2D eigenvalue weighted by Crippen LogP contribution is -2.52. The van der Waals surface area contributed by atoms with Crippen molar-refractivity contribution in [2.75, 3.05) is 19.6 Å². The second-order valence-corrected chi connectivity index (χ2v) is 7.36. The summed E-state index contributed by atoms with van der Waals surface area (Å²) in [6.45, 7) is 3.11. The number of aromatic nitrogens is 2. The van der Waals surface area contributed by atoms with Crippen LogP contribution in [0.25, 0.3) is 12.0 Å².